The predicted octanol–water partition coefficient (Wildman–Crippen LogP) is 2.49. The number of benzene rings is 2. The Morgan fingerprint density at radius 2 is 1.90 bits per heavy atom. The van der Waals surface area contributed by atoms with E-state index in [1.54, 1.807) is 19.4 Å². The van der Waals surface area contributed by atoms with Crippen LogP contribution in [0.2, 0.25) is 0 Å². The number of morpholine rings is 1. The topological polar surface area (TPSA) is 98.2 Å². The van der Waals surface area contributed by atoms with Crippen molar-refractivity contribution in [3.05, 3.63) is 59.9 Å². The summed E-state index contributed by atoms with van der Waals surface area (Å²) in [6.45, 7) is 5.05. The number of aromatic nitrogens is 2. The lowest BCUT2D eigenvalue weighted by Crippen LogP contribution is -2.50. The van der Waals surface area contributed by atoms with Gasteiger partial charge < -0.3 is 24.4 Å². The molecule has 0 radical (unpaired) electrons. The number of amides is 2. The molecular formula is C29H33N5O5. The van der Waals surface area contributed by atoms with Gasteiger partial charge in [0.05, 0.1) is 20.3 Å². The summed E-state index contributed by atoms with van der Waals surface area (Å²) in [5.41, 5.74) is 3.04. The van der Waals surface area contributed by atoms with Crippen LogP contribution in [0.5, 0.6) is 11.5 Å². The van der Waals surface area contributed by atoms with Crippen molar-refractivity contribution in [2.45, 2.75) is 25.4 Å². The number of hydrogen-bond acceptors (Lipinski definition) is 7. The SMILES string of the molecule is COc1ccc2cc1OCC(=O)NCc1cc(C(=O)N3CCC(N4CCOCC4)CC3)cc(c1)-n1ccnc1-2. The van der Waals surface area contributed by atoms with Gasteiger partial charge in [-0.05, 0) is 54.8 Å². The molecule has 0 spiro atoms. The van der Waals surface area contributed by atoms with Gasteiger partial charge in [-0.2, -0.15) is 0 Å². The minimum absolute atomic E-state index is 0.00547. The average Bonchev–Trinajstić information content (AvgIpc) is 3.49. The maximum Gasteiger partial charge on any atom is 0.258 e. The minimum Gasteiger partial charge on any atom is -0.493 e. The number of carbonyl (C=O) groups is 2. The highest BCUT2D eigenvalue weighted by Crippen LogP contribution is 2.33. The van der Waals surface area contributed by atoms with E-state index in [-0.39, 0.29) is 25.0 Å². The molecule has 2 amide bonds. The maximum absolute atomic E-state index is 13.7. The summed E-state index contributed by atoms with van der Waals surface area (Å²) < 4.78 is 18.7. The van der Waals surface area contributed by atoms with Gasteiger partial charge in [0, 0.05) is 68.0 Å². The van der Waals surface area contributed by atoms with E-state index in [1.807, 2.05) is 46.0 Å². The van der Waals surface area contributed by atoms with Gasteiger partial charge in [-0.1, -0.05) is 0 Å². The Labute approximate surface area is 227 Å². The predicted molar refractivity (Wildman–Crippen MR) is 144 cm³/mol. The van der Waals surface area contributed by atoms with Crippen LogP contribution in [0.4, 0.5) is 0 Å². The normalized spacial score (nSPS) is 18.6. The number of hydrogen-bond donors (Lipinski definition) is 1. The first kappa shape index (κ1) is 25.4. The molecule has 39 heavy (non-hydrogen) atoms. The fraction of sp³-hybridized carbons (Fsp3) is 0.414. The summed E-state index contributed by atoms with van der Waals surface area (Å²) >= 11 is 0. The molecular weight excluding hydrogens is 498 g/mol. The number of piperidine rings is 1. The van der Waals surface area contributed by atoms with Gasteiger partial charge in [-0.3, -0.25) is 19.1 Å². The second-order valence-electron chi connectivity index (χ2n) is 10.1. The van der Waals surface area contributed by atoms with Gasteiger partial charge >= 0.3 is 0 Å². The third-order valence-corrected chi connectivity index (χ3v) is 7.73. The number of nitrogens with zero attached hydrogens (tertiary/aromatic N) is 4. The van der Waals surface area contributed by atoms with Crippen LogP contribution in [0, 0.1) is 0 Å². The molecule has 2 aromatic carbocycles. The lowest BCUT2D eigenvalue weighted by Gasteiger charge is -2.40. The number of fused-ring (bicyclic) bond motifs is 7. The quantitative estimate of drug-likeness (QED) is 0.555. The van der Waals surface area contributed by atoms with Crippen molar-refractivity contribution in [1.29, 1.82) is 0 Å². The number of methoxy groups -OCH3 is 1. The molecule has 2 fully saturated rings. The number of likely N-dealkylation sites (tertiary alicyclic amines) is 1. The molecule has 3 aliphatic rings. The van der Waals surface area contributed by atoms with Crippen molar-refractivity contribution in [3.63, 3.8) is 0 Å². The molecule has 0 atom stereocenters. The van der Waals surface area contributed by atoms with Crippen LogP contribution in [-0.2, 0) is 16.1 Å². The molecule has 3 aromatic rings. The molecule has 0 unspecified atom stereocenters. The summed E-state index contributed by atoms with van der Waals surface area (Å²) in [7, 11) is 1.56. The molecule has 10 heteroatoms. The summed E-state index contributed by atoms with van der Waals surface area (Å²) in [5, 5.41) is 2.91. The molecule has 1 N–H and O–H groups in total. The van der Waals surface area contributed by atoms with E-state index in [0.717, 1.165) is 69.0 Å². The molecule has 6 rings (SSSR count). The lowest BCUT2D eigenvalue weighted by molar-refractivity contribution is -0.123. The minimum atomic E-state index is -0.261. The molecule has 1 aromatic heterocycles. The zero-order valence-electron chi connectivity index (χ0n) is 22.1. The van der Waals surface area contributed by atoms with E-state index in [0.29, 0.717) is 28.9 Å². The smallest absolute Gasteiger partial charge is 0.258 e. The van der Waals surface area contributed by atoms with Crippen LogP contribution in [0.3, 0.4) is 0 Å². The van der Waals surface area contributed by atoms with Crippen molar-refractivity contribution in [2.24, 2.45) is 0 Å². The number of carbonyl (C=O) groups excluding carboxylic acids is 2. The highest BCUT2D eigenvalue weighted by molar-refractivity contribution is 5.95. The Bertz CT molecular complexity index is 1360. The number of rotatable bonds is 3. The van der Waals surface area contributed by atoms with E-state index in [4.69, 9.17) is 14.2 Å². The fourth-order valence-corrected chi connectivity index (χ4v) is 5.65. The second-order valence-corrected chi connectivity index (χ2v) is 10.1. The maximum atomic E-state index is 13.7. The third kappa shape index (κ3) is 5.35. The van der Waals surface area contributed by atoms with E-state index in [1.165, 1.54) is 0 Å². The van der Waals surface area contributed by atoms with Crippen LogP contribution in [0.15, 0.2) is 48.8 Å². The highest BCUT2D eigenvalue weighted by atomic mass is 16.5. The molecule has 4 bridgehead atoms. The first-order valence-corrected chi connectivity index (χ1v) is 13.5. The van der Waals surface area contributed by atoms with Crippen LogP contribution < -0.4 is 14.8 Å². The molecule has 10 nitrogen and oxygen atoms in total. The Morgan fingerprint density at radius 3 is 2.69 bits per heavy atom. The molecule has 204 valence electrons. The van der Waals surface area contributed by atoms with Crippen LogP contribution in [0.1, 0.15) is 28.8 Å². The molecule has 3 aliphatic heterocycles. The van der Waals surface area contributed by atoms with Crippen LogP contribution in [-0.4, -0.2) is 90.3 Å². The van der Waals surface area contributed by atoms with Gasteiger partial charge in [-0.15, -0.1) is 0 Å². The van der Waals surface area contributed by atoms with Crippen molar-refractivity contribution >= 4 is 11.8 Å². The Morgan fingerprint density at radius 1 is 1.08 bits per heavy atom. The zero-order chi connectivity index (χ0) is 26.8. The summed E-state index contributed by atoms with van der Waals surface area (Å²) in [5.74, 6) is 1.43. The van der Waals surface area contributed by atoms with Crippen molar-refractivity contribution in [1.82, 2.24) is 24.7 Å². The molecule has 2 saturated heterocycles. The lowest BCUT2D eigenvalue weighted by atomic mass is 10.0. The van der Waals surface area contributed by atoms with E-state index < -0.39 is 0 Å². The van der Waals surface area contributed by atoms with E-state index in [9.17, 15) is 9.59 Å². The summed E-state index contributed by atoms with van der Waals surface area (Å²) in [6, 6.07) is 11.8. The number of nitrogens with one attached hydrogen (secondary N) is 1. The third-order valence-electron chi connectivity index (χ3n) is 7.73. The van der Waals surface area contributed by atoms with Crippen molar-refractivity contribution < 1.29 is 23.8 Å². The Kier molecular flexibility index (Phi) is 7.21. The zero-order valence-corrected chi connectivity index (χ0v) is 22.1. The van der Waals surface area contributed by atoms with Gasteiger partial charge in [0.25, 0.3) is 11.8 Å². The number of ether oxygens (including phenoxy) is 3. The van der Waals surface area contributed by atoms with Gasteiger partial charge in [0.1, 0.15) is 5.82 Å². The first-order valence-electron chi connectivity index (χ1n) is 13.5. The van der Waals surface area contributed by atoms with Gasteiger partial charge in [0.2, 0.25) is 0 Å². The van der Waals surface area contributed by atoms with Crippen molar-refractivity contribution in [3.8, 4) is 28.6 Å². The first-order chi connectivity index (χ1) is 19.1. The Balaban J connectivity index is 1.31. The van der Waals surface area contributed by atoms with Crippen LogP contribution in [0.25, 0.3) is 17.1 Å². The summed E-state index contributed by atoms with van der Waals surface area (Å²) in [6.07, 6.45) is 5.53. The number of imidazole rings is 1. The van der Waals surface area contributed by atoms with Crippen molar-refractivity contribution in [2.75, 3.05) is 53.1 Å². The fourth-order valence-electron chi connectivity index (χ4n) is 5.65. The summed E-state index contributed by atoms with van der Waals surface area (Å²) in [4.78, 5) is 35.4. The largest absolute Gasteiger partial charge is 0.493 e. The van der Waals surface area contributed by atoms with Crippen LogP contribution >= 0.6 is 0 Å². The second kappa shape index (κ2) is 11.1. The van der Waals surface area contributed by atoms with E-state index in [2.05, 4.69) is 15.2 Å². The van der Waals surface area contributed by atoms with Gasteiger partial charge in [-0.25, -0.2) is 4.98 Å². The van der Waals surface area contributed by atoms with E-state index >= 15 is 0 Å². The molecule has 0 saturated carbocycles. The highest BCUT2D eigenvalue weighted by Gasteiger charge is 2.29. The molecule has 4 heterocycles. The monoisotopic (exact) mass is 531 g/mol. The average molecular weight is 532 g/mol. The standard InChI is InChI=1S/C29H33N5O5/c1-37-25-3-2-21-17-26(25)39-19-27(35)31-18-20-14-22(16-24(15-20)34-9-6-30-28(21)34)29(36)33-7-4-23(5-8-33)32-10-12-38-13-11-32/h2-3,6,9,14-17,23H,4-5,7-8,10-13,18-19H2,1H3,(H,31,35). The molecule has 0 aliphatic carbocycles. The Hall–Kier alpha value is -3.89. The van der Waals surface area contributed by atoms with Gasteiger partial charge in [0.15, 0.2) is 18.1 Å².